The van der Waals surface area contributed by atoms with Gasteiger partial charge in [0.25, 0.3) is 5.91 Å². The van der Waals surface area contributed by atoms with Crippen molar-refractivity contribution in [3.63, 3.8) is 0 Å². The van der Waals surface area contributed by atoms with Crippen LogP contribution in [0.15, 0.2) is 54.2 Å². The normalized spacial score (nSPS) is 17.7. The molecule has 1 aliphatic heterocycles. The Hall–Kier alpha value is -2.56. The van der Waals surface area contributed by atoms with Gasteiger partial charge in [0.1, 0.15) is 0 Å². The summed E-state index contributed by atoms with van der Waals surface area (Å²) in [5.41, 5.74) is 1.52. The smallest absolute Gasteiger partial charge is 0.267 e. The second-order valence-electron chi connectivity index (χ2n) is 4.23. The molecule has 0 bridgehead atoms. The fourth-order valence-electron chi connectivity index (χ4n) is 2.08. The highest BCUT2D eigenvalue weighted by Crippen LogP contribution is 2.28. The van der Waals surface area contributed by atoms with E-state index in [0.717, 1.165) is 5.56 Å². The number of carbonyl (C=O) groups is 1. The van der Waals surface area contributed by atoms with Crippen LogP contribution in [0.5, 0.6) is 0 Å². The first-order chi connectivity index (χ1) is 9.36. The largest absolute Gasteiger partial charge is 0.276 e. The number of hydrogen-bond donors (Lipinski definition) is 0. The number of hydrazone groups is 1. The van der Waals surface area contributed by atoms with E-state index in [4.69, 9.17) is 0 Å². The first-order valence-corrected chi connectivity index (χ1v) is 6.02. The van der Waals surface area contributed by atoms with E-state index in [1.807, 2.05) is 12.1 Å². The molecule has 0 N–H and O–H groups in total. The summed E-state index contributed by atoms with van der Waals surface area (Å²) in [7, 11) is 0. The van der Waals surface area contributed by atoms with Crippen LogP contribution in [0.2, 0.25) is 0 Å². The molecule has 0 saturated carbocycles. The molecule has 3 rings (SSSR count). The molecule has 5 heteroatoms. The van der Waals surface area contributed by atoms with Crippen molar-refractivity contribution in [3.05, 3.63) is 60.2 Å². The number of pyridine rings is 2. The molecule has 0 saturated heterocycles. The molecule has 2 aromatic heterocycles. The van der Waals surface area contributed by atoms with Crippen LogP contribution in [-0.2, 0) is 0 Å². The summed E-state index contributed by atoms with van der Waals surface area (Å²) < 4.78 is 0. The number of amides is 1. The van der Waals surface area contributed by atoms with Gasteiger partial charge >= 0.3 is 0 Å². The van der Waals surface area contributed by atoms with E-state index < -0.39 is 0 Å². The second-order valence-corrected chi connectivity index (χ2v) is 4.23. The maximum atomic E-state index is 12.4. The summed E-state index contributed by atoms with van der Waals surface area (Å²) >= 11 is 0. The van der Waals surface area contributed by atoms with Gasteiger partial charge in [0.15, 0.2) is 0 Å². The lowest BCUT2D eigenvalue weighted by Crippen LogP contribution is -2.27. The standard InChI is InChI=1S/C14H12N4O/c19-14(12-4-2-7-16-10-12)18-13(5-8-17-18)11-3-1-6-15-9-11/h1-4,6-10,13H,5H2. The van der Waals surface area contributed by atoms with E-state index in [1.54, 1.807) is 43.1 Å². The number of nitrogens with zero attached hydrogens (tertiary/aromatic N) is 4. The van der Waals surface area contributed by atoms with Crippen LogP contribution in [0.25, 0.3) is 0 Å². The molecular weight excluding hydrogens is 240 g/mol. The van der Waals surface area contributed by atoms with Crippen molar-refractivity contribution in [2.24, 2.45) is 5.10 Å². The van der Waals surface area contributed by atoms with Crippen molar-refractivity contribution in [2.45, 2.75) is 12.5 Å². The first kappa shape index (κ1) is 11.5. The summed E-state index contributed by atoms with van der Waals surface area (Å²) in [4.78, 5) is 20.4. The highest BCUT2D eigenvalue weighted by atomic mass is 16.2. The highest BCUT2D eigenvalue weighted by molar-refractivity contribution is 5.95. The maximum absolute atomic E-state index is 12.4. The molecule has 2 aromatic rings. The summed E-state index contributed by atoms with van der Waals surface area (Å²) in [6.45, 7) is 0. The van der Waals surface area contributed by atoms with E-state index in [0.29, 0.717) is 12.0 Å². The lowest BCUT2D eigenvalue weighted by Gasteiger charge is -2.21. The van der Waals surface area contributed by atoms with E-state index in [1.165, 1.54) is 5.01 Å². The third kappa shape index (κ3) is 2.22. The Bertz CT molecular complexity index is 597. The van der Waals surface area contributed by atoms with Crippen molar-refractivity contribution in [1.29, 1.82) is 0 Å². The molecule has 0 aliphatic carbocycles. The van der Waals surface area contributed by atoms with Crippen LogP contribution in [0.3, 0.4) is 0 Å². The van der Waals surface area contributed by atoms with Gasteiger partial charge in [0.2, 0.25) is 0 Å². The summed E-state index contributed by atoms with van der Waals surface area (Å²) in [6.07, 6.45) is 9.14. The Balaban J connectivity index is 1.88. The zero-order chi connectivity index (χ0) is 13.1. The topological polar surface area (TPSA) is 58.5 Å². The fourth-order valence-corrected chi connectivity index (χ4v) is 2.08. The monoisotopic (exact) mass is 252 g/mol. The van der Waals surface area contributed by atoms with E-state index in [9.17, 15) is 4.79 Å². The van der Waals surface area contributed by atoms with Gasteiger partial charge in [-0.25, -0.2) is 5.01 Å². The summed E-state index contributed by atoms with van der Waals surface area (Å²) in [5.74, 6) is -0.143. The van der Waals surface area contributed by atoms with Gasteiger partial charge in [-0.3, -0.25) is 14.8 Å². The molecule has 1 amide bonds. The minimum Gasteiger partial charge on any atom is -0.267 e. The molecular formula is C14H12N4O. The molecule has 1 atom stereocenters. The zero-order valence-electron chi connectivity index (χ0n) is 10.2. The van der Waals surface area contributed by atoms with Crippen molar-refractivity contribution < 1.29 is 4.79 Å². The molecule has 0 spiro atoms. The third-order valence-electron chi connectivity index (χ3n) is 3.02. The number of hydrogen-bond acceptors (Lipinski definition) is 4. The Morgan fingerprint density at radius 2 is 1.95 bits per heavy atom. The highest BCUT2D eigenvalue weighted by Gasteiger charge is 2.29. The minimum atomic E-state index is -0.143. The van der Waals surface area contributed by atoms with Crippen molar-refractivity contribution >= 4 is 12.1 Å². The molecule has 0 fully saturated rings. The van der Waals surface area contributed by atoms with Gasteiger partial charge < -0.3 is 0 Å². The average Bonchev–Trinajstić information content (AvgIpc) is 2.98. The minimum absolute atomic E-state index is 0.0820. The zero-order valence-corrected chi connectivity index (χ0v) is 10.2. The van der Waals surface area contributed by atoms with Gasteiger partial charge in [0, 0.05) is 37.4 Å². The second kappa shape index (κ2) is 4.97. The molecule has 0 aromatic carbocycles. The van der Waals surface area contributed by atoms with Crippen molar-refractivity contribution in [2.75, 3.05) is 0 Å². The average molecular weight is 252 g/mol. The van der Waals surface area contributed by atoms with Crippen LogP contribution in [0.4, 0.5) is 0 Å². The van der Waals surface area contributed by atoms with Crippen molar-refractivity contribution in [1.82, 2.24) is 15.0 Å². The Morgan fingerprint density at radius 3 is 2.63 bits per heavy atom. The van der Waals surface area contributed by atoms with Gasteiger partial charge in [-0.2, -0.15) is 5.10 Å². The Kier molecular flexibility index (Phi) is 3.02. The number of rotatable bonds is 2. The molecule has 0 radical (unpaired) electrons. The van der Waals surface area contributed by atoms with E-state index >= 15 is 0 Å². The lowest BCUT2D eigenvalue weighted by atomic mass is 10.1. The molecule has 3 heterocycles. The summed E-state index contributed by atoms with van der Waals surface area (Å²) in [5, 5.41) is 5.67. The van der Waals surface area contributed by atoms with Gasteiger partial charge in [-0.1, -0.05) is 6.07 Å². The Morgan fingerprint density at radius 1 is 1.16 bits per heavy atom. The van der Waals surface area contributed by atoms with Gasteiger partial charge in [-0.05, 0) is 23.8 Å². The molecule has 1 unspecified atom stereocenters. The predicted molar refractivity (Wildman–Crippen MR) is 70.5 cm³/mol. The number of carbonyl (C=O) groups excluding carboxylic acids is 1. The Labute approximate surface area is 110 Å². The molecule has 94 valence electrons. The van der Waals surface area contributed by atoms with Crippen LogP contribution >= 0.6 is 0 Å². The molecule has 1 aliphatic rings. The lowest BCUT2D eigenvalue weighted by molar-refractivity contribution is 0.0710. The summed E-state index contributed by atoms with van der Waals surface area (Å²) in [6, 6.07) is 7.22. The quantitative estimate of drug-likeness (QED) is 0.821. The van der Waals surface area contributed by atoms with Crippen LogP contribution in [0, 0.1) is 0 Å². The number of aromatic nitrogens is 2. The predicted octanol–water partition coefficient (Wildman–Crippen LogP) is 2.05. The SMILES string of the molecule is O=C(c1cccnc1)N1N=CCC1c1cccnc1. The first-order valence-electron chi connectivity index (χ1n) is 6.02. The van der Waals surface area contributed by atoms with Crippen LogP contribution in [-0.4, -0.2) is 27.1 Å². The van der Waals surface area contributed by atoms with Gasteiger partial charge in [0.05, 0.1) is 11.6 Å². The van der Waals surface area contributed by atoms with Gasteiger partial charge in [-0.15, -0.1) is 0 Å². The third-order valence-corrected chi connectivity index (χ3v) is 3.02. The molecule has 19 heavy (non-hydrogen) atoms. The van der Waals surface area contributed by atoms with E-state index in [-0.39, 0.29) is 11.9 Å². The fraction of sp³-hybridized carbons (Fsp3) is 0.143. The van der Waals surface area contributed by atoms with Crippen LogP contribution < -0.4 is 0 Å². The van der Waals surface area contributed by atoms with E-state index in [2.05, 4.69) is 15.1 Å². The van der Waals surface area contributed by atoms with Crippen molar-refractivity contribution in [3.8, 4) is 0 Å². The van der Waals surface area contributed by atoms with Crippen LogP contribution in [0.1, 0.15) is 28.4 Å². The maximum Gasteiger partial charge on any atom is 0.276 e. The molecule has 5 nitrogen and oxygen atoms in total.